The van der Waals surface area contributed by atoms with Crippen molar-refractivity contribution in [2.45, 2.75) is 19.1 Å². The molecule has 2 amide bonds. The molecule has 0 radical (unpaired) electrons. The maximum atomic E-state index is 13.5. The Bertz CT molecular complexity index is 1060. The lowest BCUT2D eigenvalue weighted by Crippen LogP contribution is -2.50. The molecule has 6 nitrogen and oxygen atoms in total. The van der Waals surface area contributed by atoms with E-state index in [0.29, 0.717) is 23.9 Å². The van der Waals surface area contributed by atoms with Crippen LogP contribution in [-0.2, 0) is 9.59 Å². The molecule has 1 fully saturated rings. The normalized spacial score (nSPS) is 19.2. The van der Waals surface area contributed by atoms with Gasteiger partial charge in [-0.15, -0.1) is 0 Å². The van der Waals surface area contributed by atoms with E-state index in [9.17, 15) is 14.0 Å². The monoisotopic (exact) mass is 466 g/mol. The first-order chi connectivity index (χ1) is 16.0. The van der Waals surface area contributed by atoms with Crippen molar-refractivity contribution in [1.82, 2.24) is 9.80 Å². The third kappa shape index (κ3) is 5.34. The number of amidine groups is 1. The van der Waals surface area contributed by atoms with Crippen LogP contribution in [0.25, 0.3) is 6.08 Å². The standard InChI is InChI=1S/C25H27FN4O2S/c1-3-28-13-15-29(16-14-28)23(31)18(2)33-25-27-22(17-19-7-5-4-6-8-19)24(32)30(25)21-11-9-20(26)10-12-21/h4-12,17-18H,3,13-16H2,1-2H3/b22-17-. The number of amides is 2. The first-order valence-electron chi connectivity index (χ1n) is 11.1. The van der Waals surface area contributed by atoms with Gasteiger partial charge in [0.15, 0.2) is 5.17 Å². The molecule has 0 bridgehead atoms. The van der Waals surface area contributed by atoms with E-state index in [1.54, 1.807) is 18.2 Å². The molecule has 0 aromatic heterocycles. The molecule has 2 heterocycles. The number of hydrogen-bond acceptors (Lipinski definition) is 5. The zero-order valence-corrected chi connectivity index (χ0v) is 19.6. The number of anilines is 1. The summed E-state index contributed by atoms with van der Waals surface area (Å²) >= 11 is 1.26. The van der Waals surface area contributed by atoms with Crippen molar-refractivity contribution in [2.75, 3.05) is 37.6 Å². The molecule has 8 heteroatoms. The first kappa shape index (κ1) is 23.2. The number of nitrogens with zero attached hydrogens (tertiary/aromatic N) is 4. The fraction of sp³-hybridized carbons (Fsp3) is 0.320. The Hall–Kier alpha value is -2.97. The topological polar surface area (TPSA) is 56.2 Å². The molecule has 1 atom stereocenters. The van der Waals surface area contributed by atoms with Crippen LogP contribution < -0.4 is 4.90 Å². The molecule has 172 valence electrons. The molecule has 0 spiro atoms. The Kier molecular flexibility index (Phi) is 7.25. The third-order valence-corrected chi connectivity index (χ3v) is 6.82. The molecule has 1 unspecified atom stereocenters. The number of hydrogen-bond donors (Lipinski definition) is 0. The summed E-state index contributed by atoms with van der Waals surface area (Å²) in [4.78, 5) is 36.6. The van der Waals surface area contributed by atoms with Crippen molar-refractivity contribution in [3.63, 3.8) is 0 Å². The van der Waals surface area contributed by atoms with Gasteiger partial charge in [0.25, 0.3) is 5.91 Å². The minimum absolute atomic E-state index is 0.0328. The predicted octanol–water partition coefficient (Wildman–Crippen LogP) is 3.86. The third-order valence-electron chi connectivity index (χ3n) is 5.78. The van der Waals surface area contributed by atoms with Crippen LogP contribution >= 0.6 is 11.8 Å². The quantitative estimate of drug-likeness (QED) is 0.628. The molecule has 0 N–H and O–H groups in total. The minimum atomic E-state index is -0.413. The lowest BCUT2D eigenvalue weighted by atomic mass is 10.2. The number of carbonyl (C=O) groups is 2. The van der Waals surface area contributed by atoms with Crippen molar-refractivity contribution in [2.24, 2.45) is 4.99 Å². The summed E-state index contributed by atoms with van der Waals surface area (Å²) in [5.74, 6) is -0.652. The van der Waals surface area contributed by atoms with Crippen molar-refractivity contribution < 1.29 is 14.0 Å². The van der Waals surface area contributed by atoms with Crippen LogP contribution in [0.4, 0.5) is 10.1 Å². The Morgan fingerprint density at radius 3 is 2.39 bits per heavy atom. The van der Waals surface area contributed by atoms with Crippen LogP contribution in [0.5, 0.6) is 0 Å². The SMILES string of the molecule is CCN1CCN(C(=O)C(C)SC2=N/C(=C\c3ccccc3)C(=O)N2c2ccc(F)cc2)CC1. The summed E-state index contributed by atoms with van der Waals surface area (Å²) in [6.07, 6.45) is 1.73. The Labute approximate surface area is 197 Å². The van der Waals surface area contributed by atoms with Gasteiger partial charge in [-0.2, -0.15) is 0 Å². The van der Waals surface area contributed by atoms with E-state index in [1.165, 1.54) is 28.8 Å². The van der Waals surface area contributed by atoms with E-state index in [1.807, 2.05) is 42.2 Å². The summed E-state index contributed by atoms with van der Waals surface area (Å²) in [6.45, 7) is 8.07. The number of carbonyl (C=O) groups excluding carboxylic acids is 2. The first-order valence-corrected chi connectivity index (χ1v) is 12.0. The summed E-state index contributed by atoms with van der Waals surface area (Å²) in [7, 11) is 0. The van der Waals surface area contributed by atoms with E-state index in [-0.39, 0.29) is 23.3 Å². The highest BCUT2D eigenvalue weighted by molar-refractivity contribution is 8.15. The van der Waals surface area contributed by atoms with Gasteiger partial charge >= 0.3 is 0 Å². The Morgan fingerprint density at radius 1 is 1.09 bits per heavy atom. The van der Waals surface area contributed by atoms with Gasteiger partial charge in [-0.05, 0) is 49.4 Å². The van der Waals surface area contributed by atoms with Crippen LogP contribution in [-0.4, -0.2) is 64.8 Å². The molecule has 0 aliphatic carbocycles. The fourth-order valence-corrected chi connectivity index (χ4v) is 4.86. The zero-order chi connectivity index (χ0) is 23.4. The van der Waals surface area contributed by atoms with E-state index in [4.69, 9.17) is 0 Å². The second-order valence-electron chi connectivity index (χ2n) is 7.97. The van der Waals surface area contributed by atoms with Gasteiger partial charge in [-0.25, -0.2) is 9.38 Å². The van der Waals surface area contributed by atoms with Crippen molar-refractivity contribution in [3.8, 4) is 0 Å². The van der Waals surface area contributed by atoms with Crippen LogP contribution in [0, 0.1) is 5.82 Å². The Balaban J connectivity index is 1.57. The Morgan fingerprint density at radius 2 is 1.76 bits per heavy atom. The molecule has 2 aromatic rings. The van der Waals surface area contributed by atoms with Crippen LogP contribution in [0.2, 0.25) is 0 Å². The lowest BCUT2D eigenvalue weighted by molar-refractivity contribution is -0.132. The molecular weight excluding hydrogens is 439 g/mol. The van der Waals surface area contributed by atoms with Gasteiger partial charge in [-0.3, -0.25) is 14.5 Å². The molecule has 1 saturated heterocycles. The molecule has 33 heavy (non-hydrogen) atoms. The van der Waals surface area contributed by atoms with Gasteiger partial charge in [0, 0.05) is 26.2 Å². The van der Waals surface area contributed by atoms with Crippen molar-refractivity contribution in [3.05, 3.63) is 71.7 Å². The highest BCUT2D eigenvalue weighted by atomic mass is 32.2. The number of piperazine rings is 1. The largest absolute Gasteiger partial charge is 0.339 e. The highest BCUT2D eigenvalue weighted by Crippen LogP contribution is 2.31. The minimum Gasteiger partial charge on any atom is -0.339 e. The number of benzene rings is 2. The van der Waals surface area contributed by atoms with Crippen molar-refractivity contribution >= 4 is 40.5 Å². The second-order valence-corrected chi connectivity index (χ2v) is 9.28. The van der Waals surface area contributed by atoms with Gasteiger partial charge in [0.2, 0.25) is 5.91 Å². The molecule has 0 saturated carbocycles. The van der Waals surface area contributed by atoms with E-state index >= 15 is 0 Å². The van der Waals surface area contributed by atoms with Gasteiger partial charge in [-0.1, -0.05) is 49.0 Å². The number of aliphatic imine (C=N–C) groups is 1. The maximum absolute atomic E-state index is 13.5. The average molecular weight is 467 g/mol. The van der Waals surface area contributed by atoms with Gasteiger partial charge in [0.1, 0.15) is 11.5 Å². The summed E-state index contributed by atoms with van der Waals surface area (Å²) < 4.78 is 13.5. The highest BCUT2D eigenvalue weighted by Gasteiger charge is 2.35. The second kappa shape index (κ2) is 10.3. The smallest absolute Gasteiger partial charge is 0.283 e. The number of halogens is 1. The lowest BCUT2D eigenvalue weighted by Gasteiger charge is -2.35. The van der Waals surface area contributed by atoms with E-state index in [0.717, 1.165) is 25.2 Å². The zero-order valence-electron chi connectivity index (χ0n) is 18.8. The fourth-order valence-electron chi connectivity index (χ4n) is 3.85. The van der Waals surface area contributed by atoms with E-state index in [2.05, 4.69) is 16.8 Å². The molecule has 2 aliphatic rings. The number of thioether (sulfide) groups is 1. The van der Waals surface area contributed by atoms with Crippen LogP contribution in [0.15, 0.2) is 65.3 Å². The average Bonchev–Trinajstić information content (AvgIpc) is 3.14. The van der Waals surface area contributed by atoms with Crippen LogP contribution in [0.3, 0.4) is 0 Å². The summed E-state index contributed by atoms with van der Waals surface area (Å²) in [5, 5.41) is 0.00517. The van der Waals surface area contributed by atoms with Gasteiger partial charge in [0.05, 0.1) is 10.9 Å². The molecule has 2 aromatic carbocycles. The summed E-state index contributed by atoms with van der Waals surface area (Å²) in [5.41, 5.74) is 1.65. The molecule has 2 aliphatic heterocycles. The number of likely N-dealkylation sites (N-methyl/N-ethyl adjacent to an activating group) is 1. The van der Waals surface area contributed by atoms with Crippen LogP contribution in [0.1, 0.15) is 19.4 Å². The van der Waals surface area contributed by atoms with Crippen molar-refractivity contribution in [1.29, 1.82) is 0 Å². The predicted molar refractivity (Wildman–Crippen MR) is 131 cm³/mol. The molecule has 4 rings (SSSR count). The number of rotatable bonds is 5. The van der Waals surface area contributed by atoms with E-state index < -0.39 is 5.25 Å². The summed E-state index contributed by atoms with van der Waals surface area (Å²) in [6, 6.07) is 15.2. The van der Waals surface area contributed by atoms with Gasteiger partial charge < -0.3 is 9.80 Å². The molecular formula is C25H27FN4O2S. The maximum Gasteiger partial charge on any atom is 0.283 e.